The minimum absolute atomic E-state index is 0.225. The molecule has 0 radical (unpaired) electrons. The van der Waals surface area contributed by atoms with Crippen molar-refractivity contribution in [3.63, 3.8) is 0 Å². The van der Waals surface area contributed by atoms with Crippen molar-refractivity contribution in [3.05, 3.63) is 250 Å². The number of allylic oxidation sites excluding steroid dienone is 10. The van der Waals surface area contributed by atoms with Gasteiger partial charge >= 0.3 is 0 Å². The van der Waals surface area contributed by atoms with Crippen LogP contribution in [0.15, 0.2) is 217 Å². The summed E-state index contributed by atoms with van der Waals surface area (Å²) in [6, 6.07) is 49.4. The van der Waals surface area contributed by atoms with E-state index in [-0.39, 0.29) is 5.92 Å². The van der Waals surface area contributed by atoms with Crippen LogP contribution in [0, 0.1) is 19.8 Å². The van der Waals surface area contributed by atoms with Crippen molar-refractivity contribution in [2.24, 2.45) is 5.92 Å². The lowest BCUT2D eigenvalue weighted by Crippen LogP contribution is -2.48. The number of thiol groups is 1. The van der Waals surface area contributed by atoms with Crippen LogP contribution in [0.1, 0.15) is 144 Å². The van der Waals surface area contributed by atoms with Gasteiger partial charge in [0.2, 0.25) is 0 Å². The summed E-state index contributed by atoms with van der Waals surface area (Å²) < 4.78 is 0. The van der Waals surface area contributed by atoms with Gasteiger partial charge < -0.3 is 11.5 Å². The number of anilines is 2. The van der Waals surface area contributed by atoms with E-state index in [2.05, 4.69) is 189 Å². The highest BCUT2D eigenvalue weighted by atomic mass is 32.1. The number of hydrogen-bond donors (Lipinski definition) is 3. The molecule has 2 fully saturated rings. The van der Waals surface area contributed by atoms with Crippen molar-refractivity contribution in [3.8, 4) is 22.3 Å². The lowest BCUT2D eigenvalue weighted by Gasteiger charge is -2.09. The molecule has 2 saturated carbocycles. The fourth-order valence-electron chi connectivity index (χ4n) is 8.41. The van der Waals surface area contributed by atoms with Crippen molar-refractivity contribution in [1.82, 2.24) is 0 Å². The van der Waals surface area contributed by atoms with E-state index in [1.165, 1.54) is 128 Å². The summed E-state index contributed by atoms with van der Waals surface area (Å²) in [6.07, 6.45) is 34.0. The van der Waals surface area contributed by atoms with E-state index in [0.717, 1.165) is 33.5 Å². The number of benzene rings is 7. The van der Waals surface area contributed by atoms with E-state index in [1.807, 2.05) is 133 Å². The first kappa shape index (κ1) is 69.8. The monoisotopic (exact) mass is 1100 g/mol. The van der Waals surface area contributed by atoms with Gasteiger partial charge in [0.05, 0.1) is 0 Å². The lowest BCUT2D eigenvalue weighted by atomic mass is 9.95. The second-order valence-electron chi connectivity index (χ2n) is 19.8. The molecule has 0 aromatic heterocycles. The molecule has 9 rings (SSSR count). The first-order valence-electron chi connectivity index (χ1n) is 29.7. The third kappa shape index (κ3) is 24.1. The molecule has 4 N–H and O–H groups in total. The Morgan fingerprint density at radius 2 is 1.12 bits per heavy atom. The Kier molecular flexibility index (Phi) is 35.1. The molecular formula is C78H100N2S. The van der Waals surface area contributed by atoms with E-state index in [4.69, 9.17) is 11.5 Å². The summed E-state index contributed by atoms with van der Waals surface area (Å²) in [5.41, 5.74) is 25.2. The maximum atomic E-state index is 5.71. The average Bonchev–Trinajstić information content (AvgIpc) is 3.46. The van der Waals surface area contributed by atoms with E-state index in [0.29, 0.717) is 0 Å². The van der Waals surface area contributed by atoms with E-state index in [9.17, 15) is 0 Å². The van der Waals surface area contributed by atoms with Gasteiger partial charge in [0, 0.05) is 16.3 Å². The summed E-state index contributed by atoms with van der Waals surface area (Å²) in [4.78, 5) is 1.07. The zero-order valence-electron chi connectivity index (χ0n) is 51.8. The Hall–Kier alpha value is -7.33. The van der Waals surface area contributed by atoms with Gasteiger partial charge in [0.1, 0.15) is 0 Å². The molecule has 3 heteroatoms. The maximum absolute atomic E-state index is 5.71. The van der Waals surface area contributed by atoms with Crippen LogP contribution in [0.3, 0.4) is 0 Å². The standard InChI is InChI=1S/C27H30.C13H13N.C13H17N.C13H12S.2C4H8.2C2H6/c1-7-11-16-24-21(6)23-17-12-13-18-26(23)25(15-9-3)27(24)19-20(5)22(10-4)14-8-2;1-10-9-12(14)7-8-13(10)11-5-3-2-4-6-11;1-4-11(9-10(2)3)12-5-7-13(14)8-6-12;1-10-6-5-9-12(13(10)14)11-7-3-2-4-8-11;2*1-2-4-3-1;2*1-2/h7-8,10-20H,2,4,6,9H2,1,3,5H3;2-9H,14H2,1H3;4-9H,14H2,1-3H3;2-9,14H,1H3;2*1-4H2;2*1-2H3/b11-7-,22-14+,24-16+,25-15-,27-19-;;11-4+;;;;;. The molecule has 1 unspecified atom stereocenters. The van der Waals surface area contributed by atoms with Crippen LogP contribution in [0.2, 0.25) is 0 Å². The quantitative estimate of drug-likeness (QED) is 0.0726. The van der Waals surface area contributed by atoms with Crippen LogP contribution in [0.25, 0.3) is 63.4 Å². The molecular weight excluding hydrogens is 997 g/mol. The third-order valence-electron chi connectivity index (χ3n) is 13.5. The largest absolute Gasteiger partial charge is 0.399 e. The Balaban J connectivity index is 0.000000357. The summed E-state index contributed by atoms with van der Waals surface area (Å²) >= 11 is 4.52. The van der Waals surface area contributed by atoms with Crippen LogP contribution < -0.4 is 32.3 Å². The van der Waals surface area contributed by atoms with E-state index < -0.39 is 0 Å². The van der Waals surface area contributed by atoms with Crippen molar-refractivity contribution in [2.45, 2.75) is 146 Å². The Labute approximate surface area is 497 Å². The van der Waals surface area contributed by atoms with Gasteiger partial charge in [0.15, 0.2) is 0 Å². The first-order chi connectivity index (χ1) is 39.3. The van der Waals surface area contributed by atoms with Gasteiger partial charge in [-0.15, -0.1) is 12.6 Å². The number of aryl methyl sites for hydroxylation is 2. The second kappa shape index (κ2) is 40.8. The number of fused-ring (bicyclic) bond motifs is 1. The number of hydrogen-bond acceptors (Lipinski definition) is 3. The molecule has 0 saturated heterocycles. The van der Waals surface area contributed by atoms with Crippen LogP contribution in [0.4, 0.5) is 11.4 Å². The van der Waals surface area contributed by atoms with Crippen LogP contribution in [0.5, 0.6) is 0 Å². The van der Waals surface area contributed by atoms with Crippen LogP contribution >= 0.6 is 12.6 Å². The lowest BCUT2D eigenvalue weighted by molar-refractivity contribution is 0.504. The second-order valence-corrected chi connectivity index (χ2v) is 20.3. The van der Waals surface area contributed by atoms with Crippen molar-refractivity contribution in [2.75, 3.05) is 11.5 Å². The van der Waals surface area contributed by atoms with Gasteiger partial charge in [0.25, 0.3) is 0 Å². The average molecular weight is 1100 g/mol. The molecule has 428 valence electrons. The SMILES string of the molecule is C/C=C(\C=C(C)C)c1ccc(N)cc1.C1CCC1.C1CCC1.C=C/C=C(\C=C)C(C)/C=c1c(=C/CC)\c2ccccc2c(=C)c\1=C/C=C\C.CC.CC.Cc1cc(N)ccc1-c1ccccc1.Cc1cccc(-c2ccccc2)c1S. The highest BCUT2D eigenvalue weighted by molar-refractivity contribution is 7.80. The zero-order chi connectivity index (χ0) is 60.0. The maximum Gasteiger partial charge on any atom is 0.0317 e. The fourth-order valence-corrected chi connectivity index (χ4v) is 8.69. The minimum Gasteiger partial charge on any atom is -0.399 e. The van der Waals surface area contributed by atoms with Crippen LogP contribution in [-0.2, 0) is 0 Å². The summed E-state index contributed by atoms with van der Waals surface area (Å²) in [7, 11) is 0. The number of nitrogens with two attached hydrogens (primary N) is 2. The Morgan fingerprint density at radius 1 is 0.605 bits per heavy atom. The molecule has 1 atom stereocenters. The molecule has 0 bridgehead atoms. The highest BCUT2D eigenvalue weighted by Crippen LogP contribution is 2.29. The van der Waals surface area contributed by atoms with E-state index >= 15 is 0 Å². The number of nitrogen functional groups attached to an aromatic ring is 2. The molecule has 2 aliphatic carbocycles. The summed E-state index contributed by atoms with van der Waals surface area (Å²) in [6.45, 7) is 37.0. The highest BCUT2D eigenvalue weighted by Gasteiger charge is 2.07. The van der Waals surface area contributed by atoms with Crippen LogP contribution in [-0.4, -0.2) is 0 Å². The molecule has 81 heavy (non-hydrogen) atoms. The van der Waals surface area contributed by atoms with E-state index in [1.54, 1.807) is 0 Å². The Bertz CT molecular complexity index is 3290. The molecule has 2 aliphatic rings. The number of rotatable bonds is 10. The van der Waals surface area contributed by atoms with Gasteiger partial charge in [-0.3, -0.25) is 0 Å². The molecule has 0 aliphatic heterocycles. The smallest absolute Gasteiger partial charge is 0.0317 e. The fraction of sp³-hybridized carbons (Fsp3) is 0.282. The summed E-state index contributed by atoms with van der Waals surface area (Å²) in [5.74, 6) is 0.225. The van der Waals surface area contributed by atoms with Gasteiger partial charge in [-0.2, -0.15) is 0 Å². The van der Waals surface area contributed by atoms with Crippen molar-refractivity contribution < 1.29 is 0 Å². The third-order valence-corrected chi connectivity index (χ3v) is 14.1. The predicted molar refractivity (Wildman–Crippen MR) is 373 cm³/mol. The molecule has 0 heterocycles. The molecule has 7 aromatic rings. The van der Waals surface area contributed by atoms with Crippen molar-refractivity contribution in [1.29, 1.82) is 0 Å². The molecule has 0 amide bonds. The van der Waals surface area contributed by atoms with Gasteiger partial charge in [-0.1, -0.05) is 300 Å². The molecule has 7 aromatic carbocycles. The van der Waals surface area contributed by atoms with Gasteiger partial charge in [-0.25, -0.2) is 0 Å². The zero-order valence-corrected chi connectivity index (χ0v) is 52.7. The molecule has 2 nitrogen and oxygen atoms in total. The minimum atomic E-state index is 0.225. The first-order valence-corrected chi connectivity index (χ1v) is 30.1. The predicted octanol–water partition coefficient (Wildman–Crippen LogP) is 20.5. The summed E-state index contributed by atoms with van der Waals surface area (Å²) in [5, 5.41) is 7.24. The van der Waals surface area contributed by atoms with Gasteiger partial charge in [-0.05, 0) is 160 Å². The van der Waals surface area contributed by atoms with Crippen molar-refractivity contribution >= 4 is 65.2 Å². The normalized spacial score (nSPS) is 13.2. The Morgan fingerprint density at radius 3 is 1.59 bits per heavy atom. The molecule has 0 spiro atoms. The topological polar surface area (TPSA) is 52.0 Å².